The molecule has 2 aromatic rings. The number of benzene rings is 1. The number of aromatic nitrogens is 2. The van der Waals surface area contributed by atoms with Crippen LogP contribution in [0.15, 0.2) is 23.1 Å². The summed E-state index contributed by atoms with van der Waals surface area (Å²) in [5.41, 5.74) is 1.60. The Morgan fingerprint density at radius 2 is 2.09 bits per heavy atom. The van der Waals surface area contributed by atoms with Gasteiger partial charge in [0.1, 0.15) is 11.6 Å². The summed E-state index contributed by atoms with van der Waals surface area (Å²) < 4.78 is 4.38. The molecule has 0 fully saturated rings. The second-order valence-electron chi connectivity index (χ2n) is 3.95. The summed E-state index contributed by atoms with van der Waals surface area (Å²) in [5, 5.41) is 23.7. The third-order valence-electron chi connectivity index (χ3n) is 2.54. The van der Waals surface area contributed by atoms with Crippen LogP contribution < -0.4 is 5.32 Å². The summed E-state index contributed by atoms with van der Waals surface area (Å²) in [6, 6.07) is 7.16. The SMILES string of the molecule is C.Cc1cc(Nc2nc(Cl)nc(Cl)c2C#N)ccc1SOOO. The maximum atomic E-state index is 9.11. The number of rotatable bonds is 5. The molecule has 1 aromatic heterocycles. The number of halogens is 2. The van der Waals surface area contributed by atoms with Crippen LogP contribution in [0.1, 0.15) is 18.6 Å². The van der Waals surface area contributed by atoms with Gasteiger partial charge in [0.05, 0.1) is 12.0 Å². The van der Waals surface area contributed by atoms with Crippen molar-refractivity contribution in [1.29, 1.82) is 5.26 Å². The number of anilines is 2. The van der Waals surface area contributed by atoms with E-state index in [0.29, 0.717) is 5.69 Å². The topological polar surface area (TPSA) is 100 Å². The zero-order chi connectivity index (χ0) is 16.1. The van der Waals surface area contributed by atoms with Crippen molar-refractivity contribution >= 4 is 46.7 Å². The minimum atomic E-state index is -0.0658. The van der Waals surface area contributed by atoms with Crippen LogP contribution in [-0.2, 0) is 9.37 Å². The predicted molar refractivity (Wildman–Crippen MR) is 88.6 cm³/mol. The molecule has 0 aliphatic carbocycles. The van der Waals surface area contributed by atoms with E-state index in [-0.39, 0.29) is 29.2 Å². The number of aryl methyl sites for hydroxylation is 1. The van der Waals surface area contributed by atoms with E-state index < -0.39 is 0 Å². The van der Waals surface area contributed by atoms with Crippen LogP contribution in [0.25, 0.3) is 0 Å². The van der Waals surface area contributed by atoms with E-state index in [1.807, 2.05) is 13.0 Å². The molecule has 10 heteroatoms. The molecule has 1 heterocycles. The number of nitriles is 1. The Balaban J connectivity index is 0.00000264. The summed E-state index contributed by atoms with van der Waals surface area (Å²) in [6.07, 6.45) is 0. The third kappa shape index (κ3) is 4.94. The standard InChI is InChI=1S/C12H8Cl2N4O3S.CH4/c1-6-4-7(2-3-9(6)22-21-20-19)16-11-8(5-15)10(13)17-12(14)18-11;/h2-4,19H,1H3,(H,16,17,18);1H4. The van der Waals surface area contributed by atoms with Crippen LogP contribution in [-0.4, -0.2) is 15.2 Å². The van der Waals surface area contributed by atoms with Crippen molar-refractivity contribution in [2.75, 3.05) is 5.32 Å². The fourth-order valence-electron chi connectivity index (χ4n) is 1.61. The van der Waals surface area contributed by atoms with Gasteiger partial charge in [-0.25, -0.2) is 10.2 Å². The number of nitrogens with zero attached hydrogens (tertiary/aromatic N) is 3. The molecular formula is C13H12Cl2N4O3S. The van der Waals surface area contributed by atoms with Gasteiger partial charge in [-0.2, -0.15) is 10.2 Å². The van der Waals surface area contributed by atoms with Crippen molar-refractivity contribution < 1.29 is 14.6 Å². The highest BCUT2D eigenvalue weighted by Crippen LogP contribution is 2.29. The monoisotopic (exact) mass is 374 g/mol. The Bertz CT molecular complexity index is 740. The average molecular weight is 375 g/mol. The van der Waals surface area contributed by atoms with Gasteiger partial charge in [-0.3, -0.25) is 0 Å². The average Bonchev–Trinajstić information content (AvgIpc) is 2.46. The highest BCUT2D eigenvalue weighted by Gasteiger charge is 2.13. The van der Waals surface area contributed by atoms with E-state index >= 15 is 0 Å². The fourth-order valence-corrected chi connectivity index (χ4v) is 2.45. The Labute approximate surface area is 147 Å². The first-order chi connectivity index (χ1) is 10.5. The van der Waals surface area contributed by atoms with E-state index in [1.165, 1.54) is 0 Å². The van der Waals surface area contributed by atoms with Gasteiger partial charge in [-0.15, -0.1) is 4.33 Å². The van der Waals surface area contributed by atoms with Gasteiger partial charge < -0.3 is 5.32 Å². The predicted octanol–water partition coefficient (Wildman–Crippen LogP) is 4.77. The highest BCUT2D eigenvalue weighted by atomic mass is 35.5. The Morgan fingerprint density at radius 3 is 2.70 bits per heavy atom. The van der Waals surface area contributed by atoms with Crippen molar-refractivity contribution in [2.24, 2.45) is 0 Å². The maximum absolute atomic E-state index is 9.11. The molecule has 0 bridgehead atoms. The Hall–Kier alpha value is -1.60. The zero-order valence-electron chi connectivity index (χ0n) is 11.0. The second kappa shape index (κ2) is 8.88. The number of nitrogens with one attached hydrogen (secondary N) is 1. The molecule has 0 amide bonds. The zero-order valence-corrected chi connectivity index (χ0v) is 13.3. The molecule has 2 N–H and O–H groups in total. The van der Waals surface area contributed by atoms with Gasteiger partial charge in [0, 0.05) is 10.6 Å². The molecule has 0 atom stereocenters. The van der Waals surface area contributed by atoms with Crippen LogP contribution in [0.4, 0.5) is 11.5 Å². The molecule has 122 valence electrons. The molecule has 0 radical (unpaired) electrons. The van der Waals surface area contributed by atoms with Crippen molar-refractivity contribution in [3.8, 4) is 6.07 Å². The lowest BCUT2D eigenvalue weighted by Gasteiger charge is -2.10. The quantitative estimate of drug-likeness (QED) is 0.253. The summed E-state index contributed by atoms with van der Waals surface area (Å²) in [6.45, 7) is 1.83. The normalized spacial score (nSPS) is 9.87. The lowest BCUT2D eigenvalue weighted by molar-refractivity contribution is -0.432. The van der Waals surface area contributed by atoms with Gasteiger partial charge in [0.25, 0.3) is 0 Å². The lowest BCUT2D eigenvalue weighted by Crippen LogP contribution is -2.00. The first-order valence-corrected chi connectivity index (χ1v) is 7.20. The second-order valence-corrected chi connectivity index (χ2v) is 5.39. The summed E-state index contributed by atoms with van der Waals surface area (Å²) >= 11 is 12.5. The summed E-state index contributed by atoms with van der Waals surface area (Å²) in [4.78, 5) is 8.40. The minimum absolute atomic E-state index is 0. The highest BCUT2D eigenvalue weighted by molar-refractivity contribution is 7.94. The fraction of sp³-hybridized carbons (Fsp3) is 0.154. The number of hydrogen-bond acceptors (Lipinski definition) is 8. The van der Waals surface area contributed by atoms with Gasteiger partial charge in [0.15, 0.2) is 11.0 Å². The smallest absolute Gasteiger partial charge is 0.225 e. The van der Waals surface area contributed by atoms with Gasteiger partial charge in [-0.1, -0.05) is 24.1 Å². The molecule has 1 aromatic carbocycles. The van der Waals surface area contributed by atoms with Crippen LogP contribution >= 0.6 is 35.2 Å². The van der Waals surface area contributed by atoms with E-state index in [4.69, 9.17) is 33.7 Å². The molecule has 0 spiro atoms. The summed E-state index contributed by atoms with van der Waals surface area (Å²) in [7, 11) is 0. The van der Waals surface area contributed by atoms with E-state index in [2.05, 4.69) is 24.7 Å². The Morgan fingerprint density at radius 1 is 1.35 bits per heavy atom. The van der Waals surface area contributed by atoms with E-state index in [9.17, 15) is 0 Å². The molecule has 2 rings (SSSR count). The molecule has 7 nitrogen and oxygen atoms in total. The molecule has 0 saturated heterocycles. The van der Waals surface area contributed by atoms with Crippen LogP contribution in [0.5, 0.6) is 0 Å². The Kier molecular flexibility index (Phi) is 7.51. The molecular weight excluding hydrogens is 363 g/mol. The van der Waals surface area contributed by atoms with Crippen molar-refractivity contribution in [3.63, 3.8) is 0 Å². The molecule has 23 heavy (non-hydrogen) atoms. The minimum Gasteiger partial charge on any atom is -0.339 e. The van der Waals surface area contributed by atoms with Crippen LogP contribution in [0.2, 0.25) is 10.4 Å². The van der Waals surface area contributed by atoms with E-state index in [0.717, 1.165) is 22.5 Å². The van der Waals surface area contributed by atoms with E-state index in [1.54, 1.807) is 18.2 Å². The maximum Gasteiger partial charge on any atom is 0.225 e. The van der Waals surface area contributed by atoms with Crippen molar-refractivity contribution in [1.82, 2.24) is 9.97 Å². The lowest BCUT2D eigenvalue weighted by atomic mass is 10.2. The van der Waals surface area contributed by atoms with Gasteiger partial charge >= 0.3 is 0 Å². The molecule has 0 aliphatic heterocycles. The first kappa shape index (κ1) is 19.4. The molecule has 0 saturated carbocycles. The van der Waals surface area contributed by atoms with Gasteiger partial charge in [-0.05, 0) is 42.3 Å². The van der Waals surface area contributed by atoms with Crippen molar-refractivity contribution in [2.45, 2.75) is 19.2 Å². The van der Waals surface area contributed by atoms with Crippen LogP contribution in [0, 0.1) is 18.3 Å². The molecule has 0 aliphatic rings. The van der Waals surface area contributed by atoms with Crippen molar-refractivity contribution in [3.05, 3.63) is 39.8 Å². The summed E-state index contributed by atoms with van der Waals surface area (Å²) in [5.74, 6) is 0.210. The van der Waals surface area contributed by atoms with Gasteiger partial charge in [0.2, 0.25) is 5.28 Å². The molecule has 0 unspecified atom stereocenters. The first-order valence-electron chi connectivity index (χ1n) is 5.70. The third-order valence-corrected chi connectivity index (χ3v) is 3.75. The number of hydrogen-bond donors (Lipinski definition) is 2. The van der Waals surface area contributed by atoms with Crippen LogP contribution in [0.3, 0.4) is 0 Å². The largest absolute Gasteiger partial charge is 0.339 e.